The standard InChI is InChI=1S/C23H21N3O4/c1-13-2-4-14(5-3-13)12-24-18-9-8-17(11-19(18)26(29)30)25-22(27)20-15-6-7-16(10-15)21(20)23(25)28/h2-9,11,15-16,20-21,24H,10,12H2,1H3/t15-,16-,20+,21+/m0/s1. The highest BCUT2D eigenvalue weighted by Crippen LogP contribution is 2.53. The Bertz CT molecular complexity index is 1060. The number of benzene rings is 2. The van der Waals surface area contributed by atoms with Crippen molar-refractivity contribution in [3.8, 4) is 0 Å². The van der Waals surface area contributed by atoms with E-state index in [2.05, 4.69) is 5.32 Å². The summed E-state index contributed by atoms with van der Waals surface area (Å²) in [5.74, 6) is -0.927. The first kappa shape index (κ1) is 18.5. The van der Waals surface area contributed by atoms with Crippen molar-refractivity contribution < 1.29 is 14.5 Å². The lowest BCUT2D eigenvalue weighted by atomic mass is 9.85. The zero-order valence-electron chi connectivity index (χ0n) is 16.4. The Labute approximate surface area is 173 Å². The molecule has 1 aliphatic heterocycles. The molecule has 3 aliphatic rings. The number of imide groups is 1. The molecule has 5 rings (SSSR count). The van der Waals surface area contributed by atoms with Crippen molar-refractivity contribution in [2.75, 3.05) is 10.2 Å². The number of hydrogen-bond donors (Lipinski definition) is 1. The fourth-order valence-electron chi connectivity index (χ4n) is 5.02. The Hall–Kier alpha value is -3.48. The predicted octanol–water partition coefficient (Wildman–Crippen LogP) is 3.83. The summed E-state index contributed by atoms with van der Waals surface area (Å²) in [6.45, 7) is 2.43. The maximum absolute atomic E-state index is 13.0. The highest BCUT2D eigenvalue weighted by atomic mass is 16.6. The third-order valence-corrected chi connectivity index (χ3v) is 6.51. The zero-order chi connectivity index (χ0) is 21.0. The van der Waals surface area contributed by atoms with Crippen molar-refractivity contribution in [3.05, 3.63) is 75.9 Å². The van der Waals surface area contributed by atoms with Crippen LogP contribution in [0, 0.1) is 40.7 Å². The van der Waals surface area contributed by atoms with E-state index in [0.29, 0.717) is 12.2 Å². The summed E-state index contributed by atoms with van der Waals surface area (Å²) in [5, 5.41) is 14.8. The van der Waals surface area contributed by atoms with Crippen LogP contribution in [0.4, 0.5) is 17.1 Å². The highest BCUT2D eigenvalue weighted by molar-refractivity contribution is 6.23. The predicted molar refractivity (Wildman–Crippen MR) is 112 cm³/mol. The van der Waals surface area contributed by atoms with Crippen LogP contribution in [0.25, 0.3) is 0 Å². The molecule has 7 heteroatoms. The summed E-state index contributed by atoms with van der Waals surface area (Å²) in [7, 11) is 0. The second-order valence-corrected chi connectivity index (χ2v) is 8.31. The molecule has 1 saturated carbocycles. The van der Waals surface area contributed by atoms with Gasteiger partial charge in [-0.3, -0.25) is 19.7 Å². The number of anilines is 2. The zero-order valence-corrected chi connectivity index (χ0v) is 16.4. The van der Waals surface area contributed by atoms with Crippen molar-refractivity contribution in [1.82, 2.24) is 0 Å². The second-order valence-electron chi connectivity index (χ2n) is 8.31. The van der Waals surface area contributed by atoms with Crippen LogP contribution in [-0.2, 0) is 16.1 Å². The maximum Gasteiger partial charge on any atom is 0.294 e. The molecule has 30 heavy (non-hydrogen) atoms. The summed E-state index contributed by atoms with van der Waals surface area (Å²) in [4.78, 5) is 38.3. The molecule has 2 amide bonds. The lowest BCUT2D eigenvalue weighted by Gasteiger charge is -2.18. The third-order valence-electron chi connectivity index (χ3n) is 6.51. The van der Waals surface area contributed by atoms with E-state index in [4.69, 9.17) is 0 Å². The molecular formula is C23H21N3O4. The van der Waals surface area contributed by atoms with Gasteiger partial charge in [-0.1, -0.05) is 42.0 Å². The molecule has 2 aliphatic carbocycles. The first-order valence-electron chi connectivity index (χ1n) is 10.1. The molecule has 2 bridgehead atoms. The van der Waals surface area contributed by atoms with Crippen molar-refractivity contribution in [1.29, 1.82) is 0 Å². The quantitative estimate of drug-likeness (QED) is 0.355. The number of carbonyl (C=O) groups excluding carboxylic acids is 2. The number of aryl methyl sites for hydroxylation is 1. The monoisotopic (exact) mass is 403 g/mol. The number of rotatable bonds is 5. The molecule has 2 aromatic rings. The van der Waals surface area contributed by atoms with E-state index in [9.17, 15) is 19.7 Å². The SMILES string of the molecule is Cc1ccc(CNc2ccc(N3C(=O)[C@H]4[C@H](C3=O)[C@H]3C=C[C@H]4C3)cc2[N+](=O)[O-])cc1. The van der Waals surface area contributed by atoms with E-state index in [1.807, 2.05) is 43.3 Å². The van der Waals surface area contributed by atoms with Gasteiger partial charge < -0.3 is 5.32 Å². The molecule has 2 fully saturated rings. The van der Waals surface area contributed by atoms with E-state index in [1.54, 1.807) is 12.1 Å². The largest absolute Gasteiger partial charge is 0.375 e. The number of nitrogens with one attached hydrogen (secondary N) is 1. The summed E-state index contributed by atoms with van der Waals surface area (Å²) in [5.41, 5.74) is 2.61. The normalized spacial score (nSPS) is 26.4. The number of fused-ring (bicyclic) bond motifs is 5. The van der Waals surface area contributed by atoms with Crippen LogP contribution in [0.5, 0.6) is 0 Å². The molecule has 0 spiro atoms. The number of allylic oxidation sites excluding steroid dienone is 2. The molecule has 4 atom stereocenters. The number of nitro groups is 1. The fraction of sp³-hybridized carbons (Fsp3) is 0.304. The van der Waals surface area contributed by atoms with Crippen molar-refractivity contribution >= 4 is 28.9 Å². The molecule has 1 saturated heterocycles. The van der Waals surface area contributed by atoms with Gasteiger partial charge in [-0.05, 0) is 42.9 Å². The van der Waals surface area contributed by atoms with Crippen LogP contribution in [0.3, 0.4) is 0 Å². The van der Waals surface area contributed by atoms with Crippen LogP contribution >= 0.6 is 0 Å². The molecule has 2 aromatic carbocycles. The van der Waals surface area contributed by atoms with Gasteiger partial charge in [0.2, 0.25) is 11.8 Å². The van der Waals surface area contributed by atoms with Gasteiger partial charge in [-0.25, -0.2) is 4.90 Å². The molecule has 0 unspecified atom stereocenters. The molecule has 1 heterocycles. The van der Waals surface area contributed by atoms with E-state index >= 15 is 0 Å². The molecule has 152 valence electrons. The van der Waals surface area contributed by atoms with Crippen LogP contribution in [0.15, 0.2) is 54.6 Å². The Balaban J connectivity index is 1.41. The van der Waals surface area contributed by atoms with E-state index in [-0.39, 0.29) is 46.9 Å². The van der Waals surface area contributed by atoms with Gasteiger partial charge in [-0.2, -0.15) is 0 Å². The Morgan fingerprint density at radius 3 is 2.27 bits per heavy atom. The molecule has 1 N–H and O–H groups in total. The van der Waals surface area contributed by atoms with Gasteiger partial charge in [0.1, 0.15) is 5.69 Å². The molecule has 7 nitrogen and oxygen atoms in total. The van der Waals surface area contributed by atoms with Gasteiger partial charge in [0, 0.05) is 12.6 Å². The Morgan fingerprint density at radius 1 is 1.03 bits per heavy atom. The summed E-state index contributed by atoms with van der Waals surface area (Å²) in [6, 6.07) is 12.4. The highest BCUT2D eigenvalue weighted by Gasteiger charge is 2.59. The number of nitrogens with zero attached hydrogens (tertiary/aromatic N) is 2. The maximum atomic E-state index is 13.0. The minimum absolute atomic E-state index is 0.104. The van der Waals surface area contributed by atoms with Gasteiger partial charge in [0.25, 0.3) is 5.69 Å². The third kappa shape index (κ3) is 2.81. The topological polar surface area (TPSA) is 92.6 Å². The van der Waals surface area contributed by atoms with E-state index < -0.39 is 4.92 Å². The Morgan fingerprint density at radius 2 is 1.67 bits per heavy atom. The minimum atomic E-state index is -0.488. The number of amides is 2. The molecular weight excluding hydrogens is 382 g/mol. The van der Waals surface area contributed by atoms with Crippen molar-refractivity contribution in [3.63, 3.8) is 0 Å². The van der Waals surface area contributed by atoms with E-state index in [0.717, 1.165) is 22.4 Å². The van der Waals surface area contributed by atoms with Crippen LogP contribution < -0.4 is 10.2 Å². The van der Waals surface area contributed by atoms with Crippen LogP contribution in [0.1, 0.15) is 17.5 Å². The summed E-state index contributed by atoms with van der Waals surface area (Å²) in [6.07, 6.45) is 4.91. The van der Waals surface area contributed by atoms with Gasteiger partial charge in [0.15, 0.2) is 0 Å². The number of hydrogen-bond acceptors (Lipinski definition) is 5. The number of carbonyl (C=O) groups is 2. The second kappa shape index (κ2) is 6.79. The van der Waals surface area contributed by atoms with Crippen molar-refractivity contribution in [2.45, 2.75) is 19.9 Å². The van der Waals surface area contributed by atoms with Gasteiger partial charge in [0.05, 0.1) is 22.4 Å². The van der Waals surface area contributed by atoms with Crippen molar-refractivity contribution in [2.24, 2.45) is 23.7 Å². The van der Waals surface area contributed by atoms with Crippen LogP contribution in [-0.4, -0.2) is 16.7 Å². The average Bonchev–Trinajstić information content (AvgIpc) is 3.41. The first-order chi connectivity index (χ1) is 14.4. The van der Waals surface area contributed by atoms with Gasteiger partial charge >= 0.3 is 0 Å². The molecule has 0 aromatic heterocycles. The first-order valence-corrected chi connectivity index (χ1v) is 10.1. The summed E-state index contributed by atoms with van der Waals surface area (Å²) >= 11 is 0. The Kier molecular flexibility index (Phi) is 4.20. The molecule has 0 radical (unpaired) electrons. The average molecular weight is 403 g/mol. The smallest absolute Gasteiger partial charge is 0.294 e. The minimum Gasteiger partial charge on any atom is -0.375 e. The lowest BCUT2D eigenvalue weighted by Crippen LogP contribution is -2.32. The van der Waals surface area contributed by atoms with Gasteiger partial charge in [-0.15, -0.1) is 0 Å². The lowest BCUT2D eigenvalue weighted by molar-refractivity contribution is -0.383. The summed E-state index contributed by atoms with van der Waals surface area (Å²) < 4.78 is 0. The van der Waals surface area contributed by atoms with E-state index in [1.165, 1.54) is 6.07 Å². The van der Waals surface area contributed by atoms with Crippen LogP contribution in [0.2, 0.25) is 0 Å². The fourth-order valence-corrected chi connectivity index (χ4v) is 5.02. The number of nitro benzene ring substituents is 1.